The van der Waals surface area contributed by atoms with Gasteiger partial charge in [0.05, 0.1) is 7.11 Å². The number of ether oxygens (including phenoxy) is 1. The SMILES string of the molecule is COC(=O)C(NC(=O)CCC1CCNCC1)C1CC1. The second-order valence-corrected chi connectivity index (χ2v) is 5.64. The molecule has 1 heterocycles. The Hall–Kier alpha value is -1.10. The summed E-state index contributed by atoms with van der Waals surface area (Å²) < 4.78 is 4.75. The van der Waals surface area contributed by atoms with Crippen LogP contribution in [0.15, 0.2) is 0 Å². The fourth-order valence-corrected chi connectivity index (χ4v) is 2.68. The first-order valence-electron chi connectivity index (χ1n) is 7.28. The van der Waals surface area contributed by atoms with Crippen LogP contribution in [0.1, 0.15) is 38.5 Å². The number of nitrogens with one attached hydrogen (secondary N) is 2. The van der Waals surface area contributed by atoms with Gasteiger partial charge in [0.15, 0.2) is 0 Å². The normalized spacial score (nSPS) is 21.7. The molecule has 0 aromatic rings. The monoisotopic (exact) mass is 268 g/mol. The van der Waals surface area contributed by atoms with E-state index in [2.05, 4.69) is 10.6 Å². The Balaban J connectivity index is 1.71. The highest BCUT2D eigenvalue weighted by Crippen LogP contribution is 2.33. The third-order valence-electron chi connectivity index (χ3n) is 4.10. The molecule has 19 heavy (non-hydrogen) atoms. The largest absolute Gasteiger partial charge is 0.467 e. The maximum absolute atomic E-state index is 11.9. The summed E-state index contributed by atoms with van der Waals surface area (Å²) in [6.07, 6.45) is 5.76. The van der Waals surface area contributed by atoms with E-state index in [1.165, 1.54) is 7.11 Å². The van der Waals surface area contributed by atoms with Crippen molar-refractivity contribution in [1.82, 2.24) is 10.6 Å². The first-order valence-corrected chi connectivity index (χ1v) is 7.28. The lowest BCUT2D eigenvalue weighted by atomic mass is 9.93. The van der Waals surface area contributed by atoms with Gasteiger partial charge in [-0.3, -0.25) is 4.79 Å². The minimum absolute atomic E-state index is 0.0131. The second-order valence-electron chi connectivity index (χ2n) is 5.64. The van der Waals surface area contributed by atoms with Gasteiger partial charge < -0.3 is 15.4 Å². The molecule has 1 saturated carbocycles. The number of esters is 1. The molecule has 2 N–H and O–H groups in total. The summed E-state index contributed by atoms with van der Waals surface area (Å²) in [4.78, 5) is 23.5. The average molecular weight is 268 g/mol. The van der Waals surface area contributed by atoms with Crippen molar-refractivity contribution in [3.8, 4) is 0 Å². The van der Waals surface area contributed by atoms with Gasteiger partial charge in [0.1, 0.15) is 6.04 Å². The van der Waals surface area contributed by atoms with Gasteiger partial charge in [-0.05, 0) is 57.0 Å². The number of carbonyl (C=O) groups is 2. The van der Waals surface area contributed by atoms with E-state index in [-0.39, 0.29) is 17.8 Å². The molecule has 0 bridgehead atoms. The van der Waals surface area contributed by atoms with Crippen LogP contribution in [0.25, 0.3) is 0 Å². The Labute approximate surface area is 114 Å². The molecule has 0 aromatic heterocycles. The molecular weight excluding hydrogens is 244 g/mol. The molecule has 1 unspecified atom stereocenters. The molecule has 2 aliphatic rings. The predicted octanol–water partition coefficient (Wildman–Crippen LogP) is 0.834. The fraction of sp³-hybridized carbons (Fsp3) is 0.857. The number of rotatable bonds is 6. The van der Waals surface area contributed by atoms with Crippen LogP contribution < -0.4 is 10.6 Å². The fourth-order valence-electron chi connectivity index (χ4n) is 2.68. The molecule has 0 radical (unpaired) electrons. The third-order valence-corrected chi connectivity index (χ3v) is 4.10. The van der Waals surface area contributed by atoms with E-state index in [0.717, 1.165) is 45.2 Å². The number of piperidine rings is 1. The standard InChI is InChI=1S/C14H24N2O3/c1-19-14(18)13(11-3-4-11)16-12(17)5-2-10-6-8-15-9-7-10/h10-11,13,15H,2-9H2,1H3,(H,16,17). The minimum atomic E-state index is -0.425. The maximum Gasteiger partial charge on any atom is 0.328 e. The van der Waals surface area contributed by atoms with Crippen LogP contribution in [0.4, 0.5) is 0 Å². The second kappa shape index (κ2) is 6.89. The zero-order valence-corrected chi connectivity index (χ0v) is 11.6. The maximum atomic E-state index is 11.9. The van der Waals surface area contributed by atoms with Gasteiger partial charge in [-0.15, -0.1) is 0 Å². The number of amides is 1. The van der Waals surface area contributed by atoms with E-state index in [0.29, 0.717) is 12.3 Å². The third kappa shape index (κ3) is 4.49. The van der Waals surface area contributed by atoms with Crippen LogP contribution >= 0.6 is 0 Å². The van der Waals surface area contributed by atoms with Gasteiger partial charge in [0.2, 0.25) is 5.91 Å². The summed E-state index contributed by atoms with van der Waals surface area (Å²) in [5, 5.41) is 6.16. The molecule has 1 atom stereocenters. The van der Waals surface area contributed by atoms with Crippen molar-refractivity contribution in [2.24, 2.45) is 11.8 Å². The van der Waals surface area contributed by atoms with Crippen LogP contribution in [0, 0.1) is 11.8 Å². The van der Waals surface area contributed by atoms with Crippen LogP contribution in [0.5, 0.6) is 0 Å². The molecule has 5 nitrogen and oxygen atoms in total. The summed E-state index contributed by atoms with van der Waals surface area (Å²) in [6, 6.07) is -0.425. The smallest absolute Gasteiger partial charge is 0.328 e. The highest BCUT2D eigenvalue weighted by molar-refractivity contribution is 5.84. The molecule has 1 amide bonds. The lowest BCUT2D eigenvalue weighted by Gasteiger charge is -2.22. The van der Waals surface area contributed by atoms with Gasteiger partial charge in [-0.1, -0.05) is 0 Å². The molecule has 108 valence electrons. The molecule has 0 aromatic carbocycles. The summed E-state index contributed by atoms with van der Waals surface area (Å²) >= 11 is 0. The first-order chi connectivity index (χ1) is 9.20. The number of hydrogen-bond acceptors (Lipinski definition) is 4. The Morgan fingerprint density at radius 3 is 2.53 bits per heavy atom. The van der Waals surface area contributed by atoms with E-state index in [1.54, 1.807) is 0 Å². The Bertz CT molecular complexity index is 323. The Kier molecular flexibility index (Phi) is 5.19. The van der Waals surface area contributed by atoms with E-state index in [1.807, 2.05) is 0 Å². The lowest BCUT2D eigenvalue weighted by molar-refractivity contribution is -0.145. The number of hydrogen-bond donors (Lipinski definition) is 2. The number of methoxy groups -OCH3 is 1. The zero-order chi connectivity index (χ0) is 13.7. The molecule has 2 rings (SSSR count). The van der Waals surface area contributed by atoms with Crippen molar-refractivity contribution in [2.75, 3.05) is 20.2 Å². The molecule has 2 fully saturated rings. The van der Waals surface area contributed by atoms with E-state index < -0.39 is 6.04 Å². The van der Waals surface area contributed by atoms with Gasteiger partial charge in [0.25, 0.3) is 0 Å². The zero-order valence-electron chi connectivity index (χ0n) is 11.6. The van der Waals surface area contributed by atoms with E-state index >= 15 is 0 Å². The van der Waals surface area contributed by atoms with Crippen LogP contribution in [0.2, 0.25) is 0 Å². The van der Waals surface area contributed by atoms with Crippen molar-refractivity contribution < 1.29 is 14.3 Å². The van der Waals surface area contributed by atoms with Crippen molar-refractivity contribution in [2.45, 2.75) is 44.6 Å². The Morgan fingerprint density at radius 1 is 1.26 bits per heavy atom. The first kappa shape index (κ1) is 14.3. The molecule has 1 aliphatic carbocycles. The summed E-state index contributed by atoms with van der Waals surface area (Å²) in [6.45, 7) is 2.11. The van der Waals surface area contributed by atoms with Crippen molar-refractivity contribution in [3.63, 3.8) is 0 Å². The highest BCUT2D eigenvalue weighted by Gasteiger charge is 2.37. The van der Waals surface area contributed by atoms with Gasteiger partial charge in [0, 0.05) is 6.42 Å². The van der Waals surface area contributed by atoms with Crippen molar-refractivity contribution >= 4 is 11.9 Å². The lowest BCUT2D eigenvalue weighted by Crippen LogP contribution is -2.43. The van der Waals surface area contributed by atoms with Crippen molar-refractivity contribution in [1.29, 1.82) is 0 Å². The van der Waals surface area contributed by atoms with Gasteiger partial charge in [-0.2, -0.15) is 0 Å². The van der Waals surface area contributed by atoms with Crippen LogP contribution in [-0.2, 0) is 14.3 Å². The minimum Gasteiger partial charge on any atom is -0.467 e. The average Bonchev–Trinajstić information content (AvgIpc) is 3.27. The van der Waals surface area contributed by atoms with Gasteiger partial charge >= 0.3 is 5.97 Å². The van der Waals surface area contributed by atoms with Crippen molar-refractivity contribution in [3.05, 3.63) is 0 Å². The van der Waals surface area contributed by atoms with Crippen LogP contribution in [-0.4, -0.2) is 38.1 Å². The molecular formula is C14H24N2O3. The van der Waals surface area contributed by atoms with E-state index in [9.17, 15) is 9.59 Å². The summed E-state index contributed by atoms with van der Waals surface area (Å²) in [7, 11) is 1.37. The molecule has 1 saturated heterocycles. The quantitative estimate of drug-likeness (QED) is 0.700. The summed E-state index contributed by atoms with van der Waals surface area (Å²) in [5.74, 6) is 0.610. The van der Waals surface area contributed by atoms with E-state index in [4.69, 9.17) is 4.74 Å². The highest BCUT2D eigenvalue weighted by atomic mass is 16.5. The number of carbonyl (C=O) groups excluding carboxylic acids is 2. The van der Waals surface area contributed by atoms with Crippen LogP contribution in [0.3, 0.4) is 0 Å². The topological polar surface area (TPSA) is 67.4 Å². The molecule has 1 aliphatic heterocycles. The molecule has 5 heteroatoms. The van der Waals surface area contributed by atoms with Gasteiger partial charge in [-0.25, -0.2) is 4.79 Å². The predicted molar refractivity (Wildman–Crippen MR) is 71.5 cm³/mol. The molecule has 0 spiro atoms. The summed E-state index contributed by atoms with van der Waals surface area (Å²) in [5.41, 5.74) is 0. The Morgan fingerprint density at radius 2 is 1.95 bits per heavy atom.